The van der Waals surface area contributed by atoms with Gasteiger partial charge in [0.25, 0.3) is 0 Å². The number of nitrogens with zero attached hydrogens (tertiary/aromatic N) is 1. The molecule has 78 valence electrons. The van der Waals surface area contributed by atoms with Crippen LogP contribution in [0.3, 0.4) is 0 Å². The Labute approximate surface area is 94.7 Å². The largest absolute Gasteiger partial charge is 0.465 e. The highest BCUT2D eigenvalue weighted by atomic mass is 35.5. The molecular formula is C9H5Cl2NO3. The van der Waals surface area contributed by atoms with Crippen molar-refractivity contribution in [1.82, 2.24) is 4.98 Å². The quantitative estimate of drug-likeness (QED) is 0.726. The van der Waals surface area contributed by atoms with Gasteiger partial charge >= 0.3 is 5.97 Å². The van der Waals surface area contributed by atoms with Crippen LogP contribution in [0.5, 0.6) is 0 Å². The number of hydrogen-bond donors (Lipinski definition) is 0. The van der Waals surface area contributed by atoms with Gasteiger partial charge in [-0.3, -0.25) is 0 Å². The number of carbonyl (C=O) groups excluding carboxylic acids is 1. The second-order valence-corrected chi connectivity index (χ2v) is 3.50. The van der Waals surface area contributed by atoms with Gasteiger partial charge < -0.3 is 9.15 Å². The van der Waals surface area contributed by atoms with Gasteiger partial charge in [-0.15, -0.1) is 0 Å². The monoisotopic (exact) mass is 245 g/mol. The molecule has 0 aliphatic heterocycles. The lowest BCUT2D eigenvalue weighted by atomic mass is 10.2. The molecule has 0 N–H and O–H groups in total. The summed E-state index contributed by atoms with van der Waals surface area (Å²) >= 11 is 11.6. The van der Waals surface area contributed by atoms with Gasteiger partial charge in [0, 0.05) is 12.3 Å². The number of pyridine rings is 1. The number of halogens is 2. The Morgan fingerprint density at radius 2 is 2.27 bits per heavy atom. The highest BCUT2D eigenvalue weighted by molar-refractivity contribution is 6.38. The fourth-order valence-corrected chi connectivity index (χ4v) is 1.63. The molecule has 0 radical (unpaired) electrons. The number of methoxy groups -OCH3 is 1. The third-order valence-electron chi connectivity index (χ3n) is 1.87. The summed E-state index contributed by atoms with van der Waals surface area (Å²) in [6.07, 6.45) is 1.29. The van der Waals surface area contributed by atoms with E-state index in [0.717, 1.165) is 0 Å². The summed E-state index contributed by atoms with van der Waals surface area (Å²) in [4.78, 5) is 15.2. The van der Waals surface area contributed by atoms with Crippen molar-refractivity contribution in [2.24, 2.45) is 0 Å². The van der Waals surface area contributed by atoms with Gasteiger partial charge in [0.2, 0.25) is 5.71 Å². The topological polar surface area (TPSA) is 52.3 Å². The predicted octanol–water partition coefficient (Wildman–Crippen LogP) is 2.92. The van der Waals surface area contributed by atoms with Crippen molar-refractivity contribution in [1.29, 1.82) is 0 Å². The molecule has 6 heteroatoms. The molecule has 0 aromatic carbocycles. The molecule has 0 fully saturated rings. The summed E-state index contributed by atoms with van der Waals surface area (Å²) in [5, 5.41) is 0.883. The molecule has 0 atom stereocenters. The number of fused-ring (bicyclic) bond motifs is 1. The number of carbonyl (C=O) groups is 1. The van der Waals surface area contributed by atoms with E-state index in [0.29, 0.717) is 5.39 Å². The van der Waals surface area contributed by atoms with E-state index < -0.39 is 5.97 Å². The zero-order valence-corrected chi connectivity index (χ0v) is 9.09. The number of ether oxygens (including phenoxy) is 1. The number of rotatable bonds is 1. The molecule has 2 aromatic heterocycles. The Morgan fingerprint density at radius 3 is 2.93 bits per heavy atom. The first-order valence-corrected chi connectivity index (χ1v) is 4.71. The minimum absolute atomic E-state index is 0.168. The molecule has 0 amide bonds. The van der Waals surface area contributed by atoms with Crippen LogP contribution in [0.25, 0.3) is 11.1 Å². The van der Waals surface area contributed by atoms with Crippen molar-refractivity contribution in [3.8, 4) is 0 Å². The van der Waals surface area contributed by atoms with E-state index in [1.54, 1.807) is 0 Å². The summed E-state index contributed by atoms with van der Waals surface area (Å²) in [5.41, 5.74) is 0.474. The van der Waals surface area contributed by atoms with Crippen molar-refractivity contribution in [2.45, 2.75) is 0 Å². The van der Waals surface area contributed by atoms with Gasteiger partial charge in [0.05, 0.1) is 23.1 Å². The van der Waals surface area contributed by atoms with Crippen molar-refractivity contribution in [2.75, 3.05) is 7.11 Å². The maximum absolute atomic E-state index is 11.3. The first-order chi connectivity index (χ1) is 7.13. The highest BCUT2D eigenvalue weighted by Gasteiger charge is 2.16. The lowest BCUT2D eigenvalue weighted by Crippen LogP contribution is -2.02. The maximum atomic E-state index is 11.3. The molecule has 2 rings (SSSR count). The SMILES string of the molecule is COC(=O)c1cnc2oc(Cl)cc2c1Cl. The Balaban J connectivity index is 2.69. The van der Waals surface area contributed by atoms with Crippen molar-refractivity contribution in [3.63, 3.8) is 0 Å². The minimum Gasteiger partial charge on any atom is -0.465 e. The van der Waals surface area contributed by atoms with Gasteiger partial charge in [-0.2, -0.15) is 0 Å². The summed E-state index contributed by atoms with van der Waals surface area (Å²) in [7, 11) is 1.27. The average molecular weight is 246 g/mol. The lowest BCUT2D eigenvalue weighted by molar-refractivity contribution is 0.0600. The molecule has 2 aromatic rings. The first kappa shape index (κ1) is 10.3. The van der Waals surface area contributed by atoms with Crippen molar-refractivity contribution < 1.29 is 13.9 Å². The molecule has 0 spiro atoms. The fourth-order valence-electron chi connectivity index (χ4n) is 1.18. The molecule has 0 aliphatic carbocycles. The lowest BCUT2D eigenvalue weighted by Gasteiger charge is -2.00. The highest BCUT2D eigenvalue weighted by Crippen LogP contribution is 2.30. The maximum Gasteiger partial charge on any atom is 0.340 e. The third kappa shape index (κ3) is 1.66. The standard InChI is InChI=1S/C9H5Cl2NO3/c1-14-9(13)5-3-12-8-4(7(5)11)2-6(10)15-8/h2-3H,1H3. The molecule has 0 saturated carbocycles. The Hall–Kier alpha value is -1.26. The third-order valence-corrected chi connectivity index (χ3v) is 2.47. The van der Waals surface area contributed by atoms with Crippen LogP contribution in [0.1, 0.15) is 10.4 Å². The molecule has 0 unspecified atom stereocenters. The Kier molecular flexibility index (Phi) is 2.54. The van der Waals surface area contributed by atoms with Gasteiger partial charge in [-0.1, -0.05) is 11.6 Å². The van der Waals surface area contributed by atoms with Gasteiger partial charge in [-0.25, -0.2) is 9.78 Å². The normalized spacial score (nSPS) is 10.6. The van der Waals surface area contributed by atoms with E-state index in [9.17, 15) is 4.79 Å². The number of furan rings is 1. The van der Waals surface area contributed by atoms with Crippen molar-refractivity contribution >= 4 is 40.3 Å². The van der Waals surface area contributed by atoms with E-state index in [1.807, 2.05) is 0 Å². The van der Waals surface area contributed by atoms with Crippen LogP contribution in [0.15, 0.2) is 16.7 Å². The van der Waals surface area contributed by atoms with E-state index >= 15 is 0 Å². The predicted molar refractivity (Wildman–Crippen MR) is 55.4 cm³/mol. The number of aromatic nitrogens is 1. The van der Waals surface area contributed by atoms with Crippen LogP contribution in [0.2, 0.25) is 10.2 Å². The van der Waals surface area contributed by atoms with Crippen LogP contribution in [-0.2, 0) is 4.74 Å². The average Bonchev–Trinajstić information content (AvgIpc) is 2.59. The molecule has 0 aliphatic rings. The molecule has 0 bridgehead atoms. The first-order valence-electron chi connectivity index (χ1n) is 3.95. The smallest absolute Gasteiger partial charge is 0.340 e. The zero-order chi connectivity index (χ0) is 11.0. The molecule has 4 nitrogen and oxygen atoms in total. The van der Waals surface area contributed by atoms with Crippen molar-refractivity contribution in [3.05, 3.63) is 28.1 Å². The van der Waals surface area contributed by atoms with Crippen LogP contribution in [0, 0.1) is 0 Å². The van der Waals surface area contributed by atoms with Crippen LogP contribution in [0.4, 0.5) is 0 Å². The van der Waals surface area contributed by atoms with E-state index in [4.69, 9.17) is 27.6 Å². The van der Waals surface area contributed by atoms with E-state index in [2.05, 4.69) is 9.72 Å². The number of hydrogen-bond acceptors (Lipinski definition) is 4. The molecular weight excluding hydrogens is 241 g/mol. The van der Waals surface area contributed by atoms with Gasteiger partial charge in [0.15, 0.2) is 5.22 Å². The molecule has 2 heterocycles. The Morgan fingerprint density at radius 1 is 1.53 bits per heavy atom. The second-order valence-electron chi connectivity index (χ2n) is 2.75. The van der Waals surface area contributed by atoms with Gasteiger partial charge in [-0.05, 0) is 11.6 Å². The molecule has 15 heavy (non-hydrogen) atoms. The summed E-state index contributed by atoms with van der Waals surface area (Å²) in [5.74, 6) is -0.549. The van der Waals surface area contributed by atoms with Crippen LogP contribution >= 0.6 is 23.2 Å². The fraction of sp³-hybridized carbons (Fsp3) is 0.111. The van der Waals surface area contributed by atoms with E-state index in [1.165, 1.54) is 19.4 Å². The van der Waals surface area contributed by atoms with Gasteiger partial charge in [0.1, 0.15) is 0 Å². The summed E-state index contributed by atoms with van der Waals surface area (Å²) in [6, 6.07) is 1.50. The Bertz CT molecular complexity index is 535. The van der Waals surface area contributed by atoms with Crippen LogP contribution < -0.4 is 0 Å². The zero-order valence-electron chi connectivity index (χ0n) is 7.58. The second kappa shape index (κ2) is 3.72. The summed E-state index contributed by atoms with van der Waals surface area (Å²) < 4.78 is 9.58. The van der Waals surface area contributed by atoms with E-state index in [-0.39, 0.29) is 21.5 Å². The minimum atomic E-state index is -0.549. The summed E-state index contributed by atoms with van der Waals surface area (Å²) in [6.45, 7) is 0. The number of esters is 1. The molecule has 0 saturated heterocycles. The van der Waals surface area contributed by atoms with Crippen LogP contribution in [-0.4, -0.2) is 18.1 Å².